The van der Waals surface area contributed by atoms with E-state index in [0.717, 1.165) is 13.1 Å². The summed E-state index contributed by atoms with van der Waals surface area (Å²) in [5.41, 5.74) is 3.83. The number of aromatic amines is 1. The highest BCUT2D eigenvalue weighted by molar-refractivity contribution is 5.83. The highest BCUT2D eigenvalue weighted by Crippen LogP contribution is 2.18. The zero-order valence-electron chi connectivity index (χ0n) is 12.3. The Morgan fingerprint density at radius 3 is 2.55 bits per heavy atom. The van der Waals surface area contributed by atoms with Crippen molar-refractivity contribution in [3.05, 3.63) is 84.1 Å². The van der Waals surface area contributed by atoms with E-state index in [1.165, 1.54) is 32.8 Å². The first-order chi connectivity index (χ1) is 10.9. The topological polar surface area (TPSA) is 27.8 Å². The van der Waals surface area contributed by atoms with Crippen molar-refractivity contribution >= 4 is 21.7 Å². The molecule has 0 unspecified atom stereocenters. The molecule has 1 heterocycles. The summed E-state index contributed by atoms with van der Waals surface area (Å²) in [7, 11) is 0. The van der Waals surface area contributed by atoms with Crippen LogP contribution in [0.1, 0.15) is 11.1 Å². The molecule has 1 aromatic heterocycles. The van der Waals surface area contributed by atoms with Gasteiger partial charge in [-0.1, -0.05) is 54.6 Å². The van der Waals surface area contributed by atoms with Crippen LogP contribution in [-0.2, 0) is 13.1 Å². The van der Waals surface area contributed by atoms with Gasteiger partial charge in [-0.25, -0.2) is 0 Å². The van der Waals surface area contributed by atoms with Crippen LogP contribution in [0.5, 0.6) is 0 Å². The van der Waals surface area contributed by atoms with Crippen LogP contribution in [0.3, 0.4) is 0 Å². The highest BCUT2D eigenvalue weighted by atomic mass is 14.9. The third-order valence-corrected chi connectivity index (χ3v) is 4.13. The molecule has 22 heavy (non-hydrogen) atoms. The lowest BCUT2D eigenvalue weighted by atomic mass is 10.1. The number of benzene rings is 3. The van der Waals surface area contributed by atoms with Crippen molar-refractivity contribution < 1.29 is 0 Å². The number of para-hydroxylation sites is 1. The average molecular weight is 286 g/mol. The van der Waals surface area contributed by atoms with Crippen LogP contribution < -0.4 is 5.32 Å². The van der Waals surface area contributed by atoms with Gasteiger partial charge in [-0.2, -0.15) is 0 Å². The lowest BCUT2D eigenvalue weighted by molar-refractivity contribution is 0.697. The quantitative estimate of drug-likeness (QED) is 0.563. The van der Waals surface area contributed by atoms with Gasteiger partial charge >= 0.3 is 0 Å². The van der Waals surface area contributed by atoms with Gasteiger partial charge in [-0.15, -0.1) is 0 Å². The maximum atomic E-state index is 3.54. The van der Waals surface area contributed by atoms with Gasteiger partial charge in [-0.05, 0) is 34.0 Å². The van der Waals surface area contributed by atoms with Crippen molar-refractivity contribution in [1.29, 1.82) is 0 Å². The first-order valence-electron chi connectivity index (χ1n) is 7.63. The number of nitrogens with one attached hydrogen (secondary N) is 2. The molecule has 108 valence electrons. The summed E-state index contributed by atoms with van der Waals surface area (Å²) in [6.45, 7) is 1.75. The summed E-state index contributed by atoms with van der Waals surface area (Å²) < 4.78 is 0. The first kappa shape index (κ1) is 13.1. The molecule has 0 spiro atoms. The van der Waals surface area contributed by atoms with Crippen LogP contribution in [0.2, 0.25) is 0 Å². The van der Waals surface area contributed by atoms with Crippen molar-refractivity contribution in [2.45, 2.75) is 13.1 Å². The molecule has 0 saturated heterocycles. The molecule has 0 bridgehead atoms. The van der Waals surface area contributed by atoms with Crippen LogP contribution in [0, 0.1) is 0 Å². The molecule has 0 radical (unpaired) electrons. The Hall–Kier alpha value is -2.58. The van der Waals surface area contributed by atoms with Crippen LogP contribution >= 0.6 is 0 Å². The van der Waals surface area contributed by atoms with Crippen LogP contribution in [0.25, 0.3) is 21.7 Å². The fourth-order valence-electron chi connectivity index (χ4n) is 2.97. The Kier molecular flexibility index (Phi) is 3.37. The van der Waals surface area contributed by atoms with Gasteiger partial charge in [0.05, 0.1) is 0 Å². The Labute approximate surface area is 129 Å². The van der Waals surface area contributed by atoms with Gasteiger partial charge in [0.25, 0.3) is 0 Å². The third-order valence-electron chi connectivity index (χ3n) is 4.13. The van der Waals surface area contributed by atoms with Crippen molar-refractivity contribution in [2.24, 2.45) is 0 Å². The van der Waals surface area contributed by atoms with Gasteiger partial charge in [0.1, 0.15) is 0 Å². The Balaban J connectivity index is 1.47. The molecule has 0 saturated carbocycles. The van der Waals surface area contributed by atoms with E-state index in [1.54, 1.807) is 0 Å². The van der Waals surface area contributed by atoms with Gasteiger partial charge in [0.2, 0.25) is 0 Å². The highest BCUT2D eigenvalue weighted by Gasteiger charge is 2.02. The number of rotatable bonds is 4. The monoisotopic (exact) mass is 286 g/mol. The largest absolute Gasteiger partial charge is 0.361 e. The van der Waals surface area contributed by atoms with Crippen LogP contribution in [0.15, 0.2) is 72.9 Å². The molecule has 0 amide bonds. The third kappa shape index (κ3) is 2.49. The van der Waals surface area contributed by atoms with E-state index >= 15 is 0 Å². The molecular weight excluding hydrogens is 268 g/mol. The molecule has 2 heteroatoms. The number of hydrogen-bond acceptors (Lipinski definition) is 1. The number of fused-ring (bicyclic) bond motifs is 2. The van der Waals surface area contributed by atoms with Crippen molar-refractivity contribution in [2.75, 3.05) is 0 Å². The summed E-state index contributed by atoms with van der Waals surface area (Å²) in [6.07, 6.45) is 2.10. The molecule has 2 nitrogen and oxygen atoms in total. The van der Waals surface area contributed by atoms with Crippen molar-refractivity contribution in [3.63, 3.8) is 0 Å². The van der Waals surface area contributed by atoms with Crippen LogP contribution in [0.4, 0.5) is 0 Å². The predicted octanol–water partition coefficient (Wildman–Crippen LogP) is 4.61. The molecule has 0 aliphatic rings. The molecule has 4 aromatic rings. The van der Waals surface area contributed by atoms with Gasteiger partial charge in [0, 0.05) is 30.2 Å². The maximum absolute atomic E-state index is 3.54. The molecule has 0 aliphatic carbocycles. The van der Waals surface area contributed by atoms with E-state index in [9.17, 15) is 0 Å². The van der Waals surface area contributed by atoms with Crippen molar-refractivity contribution in [3.8, 4) is 0 Å². The number of aromatic nitrogens is 1. The fraction of sp³-hybridized carbons (Fsp3) is 0.100. The smallest absolute Gasteiger partial charge is 0.0457 e. The van der Waals surface area contributed by atoms with E-state index in [1.807, 2.05) is 0 Å². The molecule has 0 atom stereocenters. The van der Waals surface area contributed by atoms with E-state index in [2.05, 4.69) is 83.2 Å². The minimum atomic E-state index is 0.872. The van der Waals surface area contributed by atoms with E-state index in [4.69, 9.17) is 0 Å². The second-order valence-electron chi connectivity index (χ2n) is 5.64. The Bertz CT molecular complexity index is 921. The summed E-state index contributed by atoms with van der Waals surface area (Å²) >= 11 is 0. The minimum Gasteiger partial charge on any atom is -0.361 e. The van der Waals surface area contributed by atoms with Gasteiger partial charge in [0.15, 0.2) is 0 Å². The molecule has 0 fully saturated rings. The lowest BCUT2D eigenvalue weighted by Gasteiger charge is -2.06. The fourth-order valence-corrected chi connectivity index (χ4v) is 2.97. The second kappa shape index (κ2) is 5.66. The minimum absolute atomic E-state index is 0.872. The zero-order valence-corrected chi connectivity index (χ0v) is 12.3. The van der Waals surface area contributed by atoms with Gasteiger partial charge in [-0.3, -0.25) is 0 Å². The Morgan fingerprint density at radius 2 is 1.59 bits per heavy atom. The molecule has 2 N–H and O–H groups in total. The second-order valence-corrected chi connectivity index (χ2v) is 5.64. The summed E-state index contributed by atoms with van der Waals surface area (Å²) in [4.78, 5) is 3.32. The van der Waals surface area contributed by atoms with E-state index in [0.29, 0.717) is 0 Å². The first-order valence-corrected chi connectivity index (χ1v) is 7.63. The normalized spacial score (nSPS) is 11.3. The summed E-state index contributed by atoms with van der Waals surface area (Å²) in [6, 6.07) is 23.6. The van der Waals surface area contributed by atoms with Crippen LogP contribution in [-0.4, -0.2) is 4.98 Å². The molecule has 3 aromatic carbocycles. The molecule has 0 aliphatic heterocycles. The SMILES string of the molecule is c1ccc2cc(CNCc3c[nH]c4ccccc34)ccc2c1. The standard InChI is InChI=1S/C20H18N2/c1-2-6-17-11-15(9-10-16(17)5-1)12-21-13-18-14-22-20-8-4-3-7-19(18)20/h1-11,14,21-22H,12-13H2. The van der Waals surface area contributed by atoms with E-state index < -0.39 is 0 Å². The number of H-pyrrole nitrogens is 1. The summed E-state index contributed by atoms with van der Waals surface area (Å²) in [5, 5.41) is 7.43. The molecule has 4 rings (SSSR count). The Morgan fingerprint density at radius 1 is 0.773 bits per heavy atom. The lowest BCUT2D eigenvalue weighted by Crippen LogP contribution is -2.12. The summed E-state index contributed by atoms with van der Waals surface area (Å²) in [5.74, 6) is 0. The predicted molar refractivity (Wildman–Crippen MR) is 92.8 cm³/mol. The molecular formula is C20H18N2. The van der Waals surface area contributed by atoms with Gasteiger partial charge < -0.3 is 10.3 Å². The number of hydrogen-bond donors (Lipinski definition) is 2. The average Bonchev–Trinajstić information content (AvgIpc) is 2.98. The zero-order chi connectivity index (χ0) is 14.8. The maximum Gasteiger partial charge on any atom is 0.0457 e. The van der Waals surface area contributed by atoms with E-state index in [-0.39, 0.29) is 0 Å². The van der Waals surface area contributed by atoms with Crippen molar-refractivity contribution in [1.82, 2.24) is 10.3 Å².